The summed E-state index contributed by atoms with van der Waals surface area (Å²) < 4.78 is 0. The number of aliphatic hydroxyl groups is 1. The number of hydrogen-bond donors (Lipinski definition) is 1. The molecule has 2 aliphatic carbocycles. The van der Waals surface area contributed by atoms with Crippen molar-refractivity contribution in [1.29, 1.82) is 0 Å². The fourth-order valence-corrected chi connectivity index (χ4v) is 3.93. The molecule has 0 saturated heterocycles. The van der Waals surface area contributed by atoms with E-state index in [4.69, 9.17) is 0 Å². The van der Waals surface area contributed by atoms with Gasteiger partial charge in [-0.15, -0.1) is 0 Å². The molecule has 1 heteroatoms. The summed E-state index contributed by atoms with van der Waals surface area (Å²) in [7, 11) is 0. The topological polar surface area (TPSA) is 20.2 Å². The van der Waals surface area contributed by atoms with E-state index >= 15 is 0 Å². The average Bonchev–Trinajstić information content (AvgIpc) is 2.19. The minimum absolute atomic E-state index is 0.0167. The first-order valence-corrected chi connectivity index (χ1v) is 6.45. The lowest BCUT2D eigenvalue weighted by Gasteiger charge is -2.49. The molecule has 82 valence electrons. The molecule has 1 nitrogen and oxygen atoms in total. The lowest BCUT2D eigenvalue weighted by molar-refractivity contribution is -0.0250. The summed E-state index contributed by atoms with van der Waals surface area (Å²) in [5.74, 6) is 0.847. The third-order valence-corrected chi connectivity index (χ3v) is 4.62. The number of rotatable bonds is 2. The van der Waals surface area contributed by atoms with Gasteiger partial charge < -0.3 is 5.11 Å². The Morgan fingerprint density at radius 1 is 1.21 bits per heavy atom. The Hall–Kier alpha value is -0.0400. The van der Waals surface area contributed by atoms with Crippen LogP contribution in [0, 0.1) is 11.3 Å². The lowest BCUT2D eigenvalue weighted by Crippen LogP contribution is -2.40. The molecule has 0 bridgehead atoms. The summed E-state index contributed by atoms with van der Waals surface area (Å²) in [6, 6.07) is 0. The van der Waals surface area contributed by atoms with Crippen LogP contribution >= 0.6 is 0 Å². The number of fused-ring (bicyclic) bond motifs is 1. The smallest absolute Gasteiger partial charge is 0.0543 e. The molecule has 0 aromatic rings. The molecule has 0 radical (unpaired) electrons. The predicted molar refractivity (Wildman–Crippen MR) is 59.2 cm³/mol. The molecule has 3 atom stereocenters. The number of aliphatic hydroxyl groups excluding tert-OH is 1. The van der Waals surface area contributed by atoms with Crippen molar-refractivity contribution in [3.05, 3.63) is 0 Å². The molecule has 0 heterocycles. The molecule has 2 aliphatic rings. The van der Waals surface area contributed by atoms with Crippen LogP contribution in [0.4, 0.5) is 0 Å². The van der Waals surface area contributed by atoms with Gasteiger partial charge in [-0.05, 0) is 49.9 Å². The fourth-order valence-electron chi connectivity index (χ4n) is 3.93. The van der Waals surface area contributed by atoms with Crippen molar-refractivity contribution >= 4 is 0 Å². The summed E-state index contributed by atoms with van der Waals surface area (Å²) in [5.41, 5.74) is 0.645. The summed E-state index contributed by atoms with van der Waals surface area (Å²) >= 11 is 0. The Bertz CT molecular complexity index is 186. The zero-order valence-electron chi connectivity index (χ0n) is 9.47. The minimum atomic E-state index is 0.0167. The van der Waals surface area contributed by atoms with Crippen LogP contribution in [0.25, 0.3) is 0 Å². The Labute approximate surface area is 87.9 Å². The molecule has 0 spiro atoms. The van der Waals surface area contributed by atoms with Crippen molar-refractivity contribution in [1.82, 2.24) is 0 Å². The molecule has 0 aliphatic heterocycles. The molecular weight excluding hydrogens is 172 g/mol. The van der Waals surface area contributed by atoms with Gasteiger partial charge in [-0.1, -0.05) is 26.2 Å². The van der Waals surface area contributed by atoms with Gasteiger partial charge in [0, 0.05) is 0 Å². The second-order valence-electron chi connectivity index (χ2n) is 5.48. The lowest BCUT2D eigenvalue weighted by atomic mass is 9.57. The van der Waals surface area contributed by atoms with E-state index in [9.17, 15) is 5.11 Å². The van der Waals surface area contributed by atoms with Crippen LogP contribution in [0.3, 0.4) is 0 Å². The highest BCUT2D eigenvalue weighted by molar-refractivity contribution is 4.94. The van der Waals surface area contributed by atoms with Gasteiger partial charge in [-0.2, -0.15) is 0 Å². The third-order valence-electron chi connectivity index (χ3n) is 4.62. The molecule has 0 amide bonds. The third kappa shape index (κ3) is 1.84. The zero-order chi connectivity index (χ0) is 10.0. The molecule has 2 rings (SSSR count). The van der Waals surface area contributed by atoms with Crippen molar-refractivity contribution in [3.8, 4) is 0 Å². The van der Waals surface area contributed by atoms with E-state index in [1.165, 1.54) is 44.9 Å². The van der Waals surface area contributed by atoms with Gasteiger partial charge in [-0.25, -0.2) is 0 Å². The Kier molecular flexibility index (Phi) is 3.16. The first-order chi connectivity index (χ1) is 6.77. The van der Waals surface area contributed by atoms with E-state index in [0.29, 0.717) is 5.41 Å². The van der Waals surface area contributed by atoms with Gasteiger partial charge >= 0.3 is 0 Å². The molecule has 2 saturated carbocycles. The van der Waals surface area contributed by atoms with Crippen LogP contribution in [0.5, 0.6) is 0 Å². The fraction of sp³-hybridized carbons (Fsp3) is 1.00. The summed E-state index contributed by atoms with van der Waals surface area (Å²) in [4.78, 5) is 0. The summed E-state index contributed by atoms with van der Waals surface area (Å²) in [5, 5.41) is 9.73. The minimum Gasteiger partial charge on any atom is -0.393 e. The van der Waals surface area contributed by atoms with Crippen LogP contribution in [0.2, 0.25) is 0 Å². The largest absolute Gasteiger partial charge is 0.393 e. The van der Waals surface area contributed by atoms with Crippen LogP contribution < -0.4 is 0 Å². The molecule has 1 N–H and O–H groups in total. The zero-order valence-corrected chi connectivity index (χ0v) is 9.47. The monoisotopic (exact) mass is 196 g/mol. The van der Waals surface area contributed by atoms with E-state index in [2.05, 4.69) is 6.92 Å². The SMILES string of the molecule is CCCC12CCCCC1CC(O)CC2. The second kappa shape index (κ2) is 4.22. The van der Waals surface area contributed by atoms with E-state index in [1.807, 2.05) is 0 Å². The van der Waals surface area contributed by atoms with Gasteiger partial charge in [0.25, 0.3) is 0 Å². The summed E-state index contributed by atoms with van der Waals surface area (Å²) in [6.07, 6.45) is 11.9. The van der Waals surface area contributed by atoms with Crippen molar-refractivity contribution < 1.29 is 5.11 Å². The molecular formula is C13H24O. The van der Waals surface area contributed by atoms with Crippen molar-refractivity contribution in [2.75, 3.05) is 0 Å². The standard InChI is InChI=1S/C13H24O/c1-2-7-13-8-4-3-5-11(13)10-12(14)6-9-13/h11-12,14H,2-10H2,1H3. The van der Waals surface area contributed by atoms with Gasteiger partial charge in [0.05, 0.1) is 6.10 Å². The van der Waals surface area contributed by atoms with E-state index in [1.54, 1.807) is 0 Å². The molecule has 3 unspecified atom stereocenters. The average molecular weight is 196 g/mol. The second-order valence-corrected chi connectivity index (χ2v) is 5.48. The normalized spacial score (nSPS) is 43.3. The predicted octanol–water partition coefficient (Wildman–Crippen LogP) is 3.51. The number of hydrogen-bond acceptors (Lipinski definition) is 1. The highest BCUT2D eigenvalue weighted by Gasteiger charge is 2.43. The van der Waals surface area contributed by atoms with Gasteiger partial charge in [0.1, 0.15) is 0 Å². The maximum absolute atomic E-state index is 9.73. The Morgan fingerprint density at radius 3 is 2.86 bits per heavy atom. The maximum atomic E-state index is 9.73. The Balaban J connectivity index is 2.07. The first kappa shape index (κ1) is 10.5. The molecule has 0 aromatic heterocycles. The van der Waals surface area contributed by atoms with E-state index < -0.39 is 0 Å². The van der Waals surface area contributed by atoms with E-state index in [0.717, 1.165) is 18.8 Å². The van der Waals surface area contributed by atoms with Gasteiger partial charge in [-0.3, -0.25) is 0 Å². The molecule has 2 fully saturated rings. The van der Waals surface area contributed by atoms with Crippen LogP contribution in [0.1, 0.15) is 64.7 Å². The summed E-state index contributed by atoms with van der Waals surface area (Å²) in [6.45, 7) is 2.31. The molecule has 0 aromatic carbocycles. The van der Waals surface area contributed by atoms with Crippen molar-refractivity contribution in [2.24, 2.45) is 11.3 Å². The first-order valence-electron chi connectivity index (χ1n) is 6.45. The van der Waals surface area contributed by atoms with Crippen LogP contribution in [-0.4, -0.2) is 11.2 Å². The quantitative estimate of drug-likeness (QED) is 0.716. The van der Waals surface area contributed by atoms with Crippen molar-refractivity contribution in [2.45, 2.75) is 70.8 Å². The van der Waals surface area contributed by atoms with Crippen LogP contribution in [-0.2, 0) is 0 Å². The van der Waals surface area contributed by atoms with Gasteiger partial charge in [0.2, 0.25) is 0 Å². The van der Waals surface area contributed by atoms with Gasteiger partial charge in [0.15, 0.2) is 0 Å². The highest BCUT2D eigenvalue weighted by atomic mass is 16.3. The van der Waals surface area contributed by atoms with Crippen molar-refractivity contribution in [3.63, 3.8) is 0 Å². The maximum Gasteiger partial charge on any atom is 0.0543 e. The molecule has 14 heavy (non-hydrogen) atoms. The highest BCUT2D eigenvalue weighted by Crippen LogP contribution is 2.53. The van der Waals surface area contributed by atoms with Crippen LogP contribution in [0.15, 0.2) is 0 Å². The Morgan fingerprint density at radius 2 is 2.07 bits per heavy atom. The van der Waals surface area contributed by atoms with E-state index in [-0.39, 0.29) is 6.10 Å².